The Morgan fingerprint density at radius 3 is 2.85 bits per heavy atom. The average molecular weight is 384 g/mol. The molecular formula is C20H37N3O2S. The van der Waals surface area contributed by atoms with Gasteiger partial charge < -0.3 is 19.7 Å². The lowest BCUT2D eigenvalue weighted by Crippen LogP contribution is -2.53. The molecule has 0 amide bonds. The van der Waals surface area contributed by atoms with E-state index in [0.29, 0.717) is 10.9 Å². The second-order valence-corrected chi connectivity index (χ2v) is 9.35. The highest BCUT2D eigenvalue weighted by Gasteiger charge is 2.38. The van der Waals surface area contributed by atoms with Crippen molar-refractivity contribution in [3.63, 3.8) is 0 Å². The molecule has 2 aliphatic heterocycles. The molecule has 26 heavy (non-hydrogen) atoms. The molecule has 0 unspecified atom stereocenters. The third kappa shape index (κ3) is 6.03. The van der Waals surface area contributed by atoms with E-state index in [2.05, 4.69) is 28.9 Å². The first-order valence-corrected chi connectivity index (χ1v) is 11.7. The lowest BCUT2D eigenvalue weighted by molar-refractivity contribution is -0.0318. The van der Waals surface area contributed by atoms with Gasteiger partial charge in [0.15, 0.2) is 5.96 Å². The maximum Gasteiger partial charge on any atom is 0.193 e. The van der Waals surface area contributed by atoms with Crippen molar-refractivity contribution in [3.8, 4) is 0 Å². The zero-order valence-corrected chi connectivity index (χ0v) is 17.3. The van der Waals surface area contributed by atoms with Crippen molar-refractivity contribution < 1.29 is 9.47 Å². The molecule has 1 aliphatic carbocycles. The van der Waals surface area contributed by atoms with Crippen molar-refractivity contribution in [1.82, 2.24) is 10.2 Å². The summed E-state index contributed by atoms with van der Waals surface area (Å²) in [4.78, 5) is 7.43. The van der Waals surface area contributed by atoms with Crippen LogP contribution >= 0.6 is 11.8 Å². The number of ether oxygens (including phenoxy) is 2. The molecule has 2 heterocycles. The maximum atomic E-state index is 5.97. The van der Waals surface area contributed by atoms with Crippen molar-refractivity contribution in [3.05, 3.63) is 0 Å². The Bertz CT molecular complexity index is 429. The Kier molecular flexibility index (Phi) is 8.40. The summed E-state index contributed by atoms with van der Waals surface area (Å²) < 4.78 is 11.8. The highest BCUT2D eigenvalue weighted by atomic mass is 32.2. The SMILES string of the molecule is CCNC(=NCCCOC1CCOCC1)N1CCSC2(CCCCC2)C1. The van der Waals surface area contributed by atoms with Crippen molar-refractivity contribution in [2.75, 3.05) is 51.8 Å². The van der Waals surface area contributed by atoms with Crippen LogP contribution in [-0.2, 0) is 9.47 Å². The predicted molar refractivity (Wildman–Crippen MR) is 110 cm³/mol. The molecule has 5 nitrogen and oxygen atoms in total. The van der Waals surface area contributed by atoms with Gasteiger partial charge in [-0.15, -0.1) is 0 Å². The summed E-state index contributed by atoms with van der Waals surface area (Å²) in [5.41, 5.74) is 0. The normalized spacial score (nSPS) is 24.8. The van der Waals surface area contributed by atoms with E-state index in [-0.39, 0.29) is 0 Å². The number of guanidine groups is 1. The second kappa shape index (κ2) is 10.8. The Labute approximate surface area is 163 Å². The largest absolute Gasteiger partial charge is 0.381 e. The zero-order valence-electron chi connectivity index (χ0n) is 16.5. The van der Waals surface area contributed by atoms with Gasteiger partial charge in [-0.05, 0) is 39.0 Å². The zero-order chi connectivity index (χ0) is 18.1. The minimum absolute atomic E-state index is 0.395. The summed E-state index contributed by atoms with van der Waals surface area (Å²) in [6.45, 7) is 8.76. The molecule has 1 N–H and O–H groups in total. The van der Waals surface area contributed by atoms with Gasteiger partial charge in [-0.1, -0.05) is 19.3 Å². The van der Waals surface area contributed by atoms with Gasteiger partial charge >= 0.3 is 0 Å². The molecule has 0 atom stereocenters. The quantitative estimate of drug-likeness (QED) is 0.433. The van der Waals surface area contributed by atoms with Gasteiger partial charge in [0.1, 0.15) is 0 Å². The van der Waals surface area contributed by atoms with Crippen LogP contribution in [0.2, 0.25) is 0 Å². The summed E-state index contributed by atoms with van der Waals surface area (Å²) in [6.07, 6.45) is 10.5. The van der Waals surface area contributed by atoms with Crippen LogP contribution in [0.1, 0.15) is 58.3 Å². The van der Waals surface area contributed by atoms with E-state index >= 15 is 0 Å². The molecule has 1 saturated carbocycles. The van der Waals surface area contributed by atoms with Gasteiger partial charge in [0.05, 0.1) is 6.10 Å². The minimum atomic E-state index is 0.395. The molecule has 0 aromatic heterocycles. The van der Waals surface area contributed by atoms with Crippen LogP contribution in [0.5, 0.6) is 0 Å². The number of nitrogens with one attached hydrogen (secondary N) is 1. The molecule has 0 radical (unpaired) electrons. The fraction of sp³-hybridized carbons (Fsp3) is 0.950. The first kappa shape index (κ1) is 20.3. The maximum absolute atomic E-state index is 5.97. The summed E-state index contributed by atoms with van der Waals surface area (Å²) in [6, 6.07) is 0. The van der Waals surface area contributed by atoms with Crippen LogP contribution in [0.3, 0.4) is 0 Å². The third-order valence-electron chi connectivity index (χ3n) is 5.73. The highest BCUT2D eigenvalue weighted by Crippen LogP contribution is 2.42. The summed E-state index contributed by atoms with van der Waals surface area (Å²) in [5.74, 6) is 2.35. The van der Waals surface area contributed by atoms with Gasteiger partial charge in [-0.25, -0.2) is 0 Å². The topological polar surface area (TPSA) is 46.1 Å². The summed E-state index contributed by atoms with van der Waals surface area (Å²) in [7, 11) is 0. The summed E-state index contributed by atoms with van der Waals surface area (Å²) in [5, 5.41) is 3.52. The van der Waals surface area contributed by atoms with E-state index < -0.39 is 0 Å². The highest BCUT2D eigenvalue weighted by molar-refractivity contribution is 8.00. The summed E-state index contributed by atoms with van der Waals surface area (Å²) >= 11 is 2.22. The fourth-order valence-corrected chi connectivity index (χ4v) is 5.86. The van der Waals surface area contributed by atoms with E-state index in [9.17, 15) is 0 Å². The van der Waals surface area contributed by atoms with Crippen LogP contribution < -0.4 is 5.32 Å². The van der Waals surface area contributed by atoms with Gasteiger partial charge in [0, 0.05) is 56.5 Å². The molecule has 0 aromatic rings. The Hall–Kier alpha value is -0.460. The van der Waals surface area contributed by atoms with E-state index in [0.717, 1.165) is 64.7 Å². The predicted octanol–water partition coefficient (Wildman–Crippen LogP) is 3.29. The Morgan fingerprint density at radius 1 is 1.27 bits per heavy atom. The standard InChI is InChI=1S/C20H37N3O2S/c1-2-21-19(22-11-6-13-25-18-7-14-24-15-8-18)23-12-16-26-20(17-23)9-4-3-5-10-20/h18H,2-17H2,1H3,(H,21,22). The average Bonchev–Trinajstić information content (AvgIpc) is 2.68. The smallest absolute Gasteiger partial charge is 0.193 e. The molecule has 2 saturated heterocycles. The molecule has 3 aliphatic rings. The number of hydrogen-bond donors (Lipinski definition) is 1. The second-order valence-electron chi connectivity index (χ2n) is 7.79. The lowest BCUT2D eigenvalue weighted by Gasteiger charge is -2.45. The monoisotopic (exact) mass is 383 g/mol. The van der Waals surface area contributed by atoms with Crippen LogP contribution in [0.4, 0.5) is 0 Å². The molecule has 150 valence electrons. The first-order valence-electron chi connectivity index (χ1n) is 10.7. The minimum Gasteiger partial charge on any atom is -0.381 e. The van der Waals surface area contributed by atoms with E-state index in [1.165, 1.54) is 44.4 Å². The fourth-order valence-electron chi connectivity index (χ4n) is 4.29. The molecule has 3 rings (SSSR count). The van der Waals surface area contributed by atoms with Gasteiger partial charge in [-0.3, -0.25) is 4.99 Å². The van der Waals surface area contributed by atoms with Gasteiger partial charge in [0.25, 0.3) is 0 Å². The van der Waals surface area contributed by atoms with Crippen LogP contribution in [0.25, 0.3) is 0 Å². The number of rotatable bonds is 6. The van der Waals surface area contributed by atoms with Crippen molar-refractivity contribution >= 4 is 17.7 Å². The van der Waals surface area contributed by atoms with Crippen molar-refractivity contribution in [2.24, 2.45) is 4.99 Å². The van der Waals surface area contributed by atoms with E-state index in [1.54, 1.807) is 0 Å². The van der Waals surface area contributed by atoms with Crippen LogP contribution in [0.15, 0.2) is 4.99 Å². The lowest BCUT2D eigenvalue weighted by atomic mass is 9.87. The molecule has 6 heteroatoms. The molecule has 1 spiro atoms. The van der Waals surface area contributed by atoms with E-state index in [4.69, 9.17) is 14.5 Å². The van der Waals surface area contributed by atoms with E-state index in [1.807, 2.05) is 0 Å². The Morgan fingerprint density at radius 2 is 2.08 bits per heavy atom. The van der Waals surface area contributed by atoms with Crippen LogP contribution in [-0.4, -0.2) is 73.5 Å². The van der Waals surface area contributed by atoms with Crippen LogP contribution in [0, 0.1) is 0 Å². The molecular weight excluding hydrogens is 346 g/mol. The number of nitrogens with zero attached hydrogens (tertiary/aromatic N) is 2. The number of aliphatic imine (C=N–C) groups is 1. The van der Waals surface area contributed by atoms with Crippen molar-refractivity contribution in [1.29, 1.82) is 0 Å². The molecule has 0 bridgehead atoms. The third-order valence-corrected chi connectivity index (χ3v) is 7.27. The molecule has 0 aromatic carbocycles. The van der Waals surface area contributed by atoms with Crippen molar-refractivity contribution in [2.45, 2.75) is 69.1 Å². The number of thioether (sulfide) groups is 1. The van der Waals surface area contributed by atoms with Gasteiger partial charge in [-0.2, -0.15) is 11.8 Å². The number of hydrogen-bond acceptors (Lipinski definition) is 4. The molecule has 3 fully saturated rings. The first-order chi connectivity index (χ1) is 12.8. The Balaban J connectivity index is 1.45. The van der Waals surface area contributed by atoms with Gasteiger partial charge in [0.2, 0.25) is 0 Å².